The van der Waals surface area contributed by atoms with E-state index in [0.717, 1.165) is 42.8 Å². The number of carboxylic acid groups (broad SMARTS) is 2. The summed E-state index contributed by atoms with van der Waals surface area (Å²) < 4.78 is 31.7. The first-order chi connectivity index (χ1) is 36.7. The van der Waals surface area contributed by atoms with Gasteiger partial charge in [0.05, 0.1) is 30.8 Å². The second-order valence-electron chi connectivity index (χ2n) is 19.7. The molecular weight excluding hydrogens is 1030 g/mol. The molecule has 0 radical (unpaired) electrons. The highest BCUT2D eigenvalue weighted by Crippen LogP contribution is 2.41. The summed E-state index contributed by atoms with van der Waals surface area (Å²) in [7, 11) is 0. The average molecular weight is 1090 g/mol. The second kappa shape index (κ2) is 28.6. The van der Waals surface area contributed by atoms with Crippen molar-refractivity contribution in [2.75, 3.05) is 26.2 Å². The molecule has 0 spiro atoms. The smallest absolute Gasteiger partial charge is 0.304 e. The number of aliphatic hydroxyl groups excluding tert-OH is 1. The number of carbonyl (C=O) groups is 12. The molecule has 0 unspecified atom stereocenters. The number of carbonyl (C=O) groups excluding carboxylic acids is 10. The lowest BCUT2D eigenvalue weighted by Gasteiger charge is -2.41. The van der Waals surface area contributed by atoms with Crippen LogP contribution in [0.5, 0.6) is 0 Å². The van der Waals surface area contributed by atoms with Gasteiger partial charge in [0.1, 0.15) is 42.7 Å². The van der Waals surface area contributed by atoms with Crippen molar-refractivity contribution in [3.63, 3.8) is 0 Å². The molecule has 0 aliphatic carbocycles. The molecule has 5 atom stereocenters. The number of aromatic nitrogens is 1. The topological polar surface area (TPSA) is 351 Å². The van der Waals surface area contributed by atoms with Gasteiger partial charge < -0.3 is 56.6 Å². The van der Waals surface area contributed by atoms with E-state index in [4.69, 9.17) is 5.73 Å². The van der Waals surface area contributed by atoms with Gasteiger partial charge in [-0.25, -0.2) is 8.78 Å². The molecule has 420 valence electrons. The Kier molecular flexibility index (Phi) is 22.8. The van der Waals surface area contributed by atoms with E-state index in [1.54, 1.807) is 55.8 Å². The number of hydrogen-bond acceptors (Lipinski definition) is 13. The number of rotatable bonds is 31. The van der Waals surface area contributed by atoms with E-state index in [0.29, 0.717) is 10.6 Å². The van der Waals surface area contributed by atoms with Crippen LogP contribution >= 0.6 is 0 Å². The van der Waals surface area contributed by atoms with Crippen LogP contribution in [0.4, 0.5) is 8.78 Å². The fraction of sp³-hybridized carbons (Fsp3) is 0.434. The van der Waals surface area contributed by atoms with Crippen LogP contribution in [0, 0.1) is 23.0 Å². The molecule has 25 heteroatoms. The largest absolute Gasteiger partial charge is 0.481 e. The maximum absolute atomic E-state index is 15.4. The van der Waals surface area contributed by atoms with Crippen LogP contribution in [-0.2, 0) is 64.1 Å². The summed E-state index contributed by atoms with van der Waals surface area (Å²) in [6.07, 6.45) is -0.796. The van der Waals surface area contributed by atoms with Crippen molar-refractivity contribution in [2.24, 2.45) is 17.1 Å². The van der Waals surface area contributed by atoms with Gasteiger partial charge in [-0.1, -0.05) is 51.1 Å². The summed E-state index contributed by atoms with van der Waals surface area (Å²) in [6.45, 7) is 3.94. The summed E-state index contributed by atoms with van der Waals surface area (Å²) >= 11 is 0. The summed E-state index contributed by atoms with van der Waals surface area (Å²) in [5.74, 6) is -14.8. The predicted octanol–water partition coefficient (Wildman–Crippen LogP) is 1.43. The standard InChI is InChI=1S/C53H64F2N8O15/c1-30(65)21-32(23-48(74)75)50(76)60-39(25-42(56)67)52(78)59-38(51(77)57-19-8-11-41(66)37(14-17-47(72)73)58-43(68)28-63-44(69)15-16-45(63)70)18-20-62(46(71)29-64)49(53(2,3)4)40-22-33(35-24-34(54)12-13-36(35)55)27-61(40)26-31-9-6-5-7-10-31/h5-7,9-10,12-13,15-16,22,24,27,32,37-39,49,64H,8,11,14,17-21,23,25-26,28-29H2,1-4H3,(H2,56,67)(H,57,77)(H,58,68)(H,59,78)(H,60,76)(H,72,73)(H,74,75)/t32-,37-,38+,39+,49+/m1/s1. The van der Waals surface area contributed by atoms with E-state index in [-0.39, 0.29) is 43.5 Å². The molecule has 1 aromatic heterocycles. The molecule has 9 N–H and O–H groups in total. The van der Waals surface area contributed by atoms with Crippen molar-refractivity contribution in [1.82, 2.24) is 35.6 Å². The molecule has 0 saturated carbocycles. The summed E-state index contributed by atoms with van der Waals surface area (Å²) in [5.41, 5.74) is 5.77. The molecule has 1 aliphatic heterocycles. The van der Waals surface area contributed by atoms with Crippen molar-refractivity contribution in [3.8, 4) is 11.1 Å². The molecule has 23 nitrogen and oxygen atoms in total. The van der Waals surface area contributed by atoms with Crippen molar-refractivity contribution >= 4 is 70.8 Å². The highest BCUT2D eigenvalue weighted by molar-refractivity contribution is 6.14. The number of hydrogen-bond donors (Lipinski definition) is 8. The van der Waals surface area contributed by atoms with E-state index in [9.17, 15) is 77.2 Å². The molecule has 2 heterocycles. The van der Waals surface area contributed by atoms with Crippen molar-refractivity contribution in [3.05, 3.63) is 95.8 Å². The maximum atomic E-state index is 15.4. The van der Waals surface area contributed by atoms with E-state index in [2.05, 4.69) is 21.3 Å². The summed E-state index contributed by atoms with van der Waals surface area (Å²) in [5, 5.41) is 38.8. The zero-order valence-corrected chi connectivity index (χ0v) is 43.4. The molecule has 0 bridgehead atoms. The van der Waals surface area contributed by atoms with Crippen molar-refractivity contribution in [2.45, 2.75) is 110 Å². The number of carboxylic acids is 2. The number of nitrogens with two attached hydrogens (primary N) is 1. The van der Waals surface area contributed by atoms with E-state index >= 15 is 4.39 Å². The number of nitrogens with zero attached hydrogens (tertiary/aromatic N) is 3. The lowest BCUT2D eigenvalue weighted by atomic mass is 9.82. The first-order valence-corrected chi connectivity index (χ1v) is 24.7. The van der Waals surface area contributed by atoms with Crippen molar-refractivity contribution < 1.29 is 81.6 Å². The average Bonchev–Trinajstić information content (AvgIpc) is 3.92. The fourth-order valence-electron chi connectivity index (χ4n) is 8.75. The van der Waals surface area contributed by atoms with E-state index in [1.807, 2.05) is 12.1 Å². The molecule has 3 aromatic rings. The normalized spacial score (nSPS) is 14.1. The van der Waals surface area contributed by atoms with Crippen LogP contribution in [0.2, 0.25) is 0 Å². The number of nitrogens with one attached hydrogen (secondary N) is 4. The monoisotopic (exact) mass is 1090 g/mol. The van der Waals surface area contributed by atoms with Gasteiger partial charge >= 0.3 is 11.9 Å². The quantitative estimate of drug-likeness (QED) is 0.0334. The second-order valence-corrected chi connectivity index (χ2v) is 19.7. The zero-order chi connectivity index (χ0) is 58.0. The Hall–Kier alpha value is -8.48. The third-order valence-corrected chi connectivity index (χ3v) is 12.4. The van der Waals surface area contributed by atoms with E-state index in [1.165, 1.54) is 4.90 Å². The van der Waals surface area contributed by atoms with Gasteiger partial charge in [-0.15, -0.1) is 0 Å². The van der Waals surface area contributed by atoms with Gasteiger partial charge in [-0.3, -0.25) is 57.6 Å². The number of amides is 8. The lowest BCUT2D eigenvalue weighted by molar-refractivity contribution is -0.143. The van der Waals surface area contributed by atoms with Gasteiger partial charge in [-0.2, -0.15) is 0 Å². The van der Waals surface area contributed by atoms with Crippen molar-refractivity contribution in [1.29, 1.82) is 0 Å². The Bertz CT molecular complexity index is 2760. The lowest BCUT2D eigenvalue weighted by Crippen LogP contribution is -2.56. The Morgan fingerprint density at radius 3 is 2.00 bits per heavy atom. The van der Waals surface area contributed by atoms with Gasteiger partial charge in [0.2, 0.25) is 35.4 Å². The van der Waals surface area contributed by atoms with E-state index < -0.39 is 170 Å². The molecule has 78 heavy (non-hydrogen) atoms. The highest BCUT2D eigenvalue weighted by Gasteiger charge is 2.39. The Balaban J connectivity index is 1.70. The number of halogens is 2. The summed E-state index contributed by atoms with van der Waals surface area (Å²) in [6, 6.07) is 7.51. The van der Waals surface area contributed by atoms with Crippen LogP contribution in [0.3, 0.4) is 0 Å². The van der Waals surface area contributed by atoms with Gasteiger partial charge in [-0.05, 0) is 61.4 Å². The minimum absolute atomic E-state index is 0.101. The molecule has 1 aliphatic rings. The Labute approximate surface area is 446 Å². The number of imide groups is 1. The number of benzene rings is 2. The molecule has 8 amide bonds. The first kappa shape index (κ1) is 62.1. The molecular formula is C53H64F2N8O15. The van der Waals surface area contributed by atoms with Crippen LogP contribution in [0.1, 0.15) is 96.4 Å². The third-order valence-electron chi connectivity index (χ3n) is 12.4. The SMILES string of the molecule is CC(=O)C[C@H](CC(=O)O)C(=O)N[C@@H](CC(N)=O)C(=O)N[C@@H](CCN(C(=O)CO)[C@@H](c1cc(-c2cc(F)ccc2F)cn1Cc1ccccc1)C(C)(C)C)C(=O)NCCCC(=O)[C@@H](CCC(=O)O)NC(=O)CN1C(=O)C=CC1=O. The molecule has 2 aromatic carbocycles. The van der Waals surface area contributed by atoms with Crippen LogP contribution in [0.15, 0.2) is 72.9 Å². The van der Waals surface area contributed by atoms with Crippen LogP contribution in [0.25, 0.3) is 11.1 Å². The minimum Gasteiger partial charge on any atom is -0.481 e. The first-order valence-electron chi connectivity index (χ1n) is 24.7. The predicted molar refractivity (Wildman–Crippen MR) is 272 cm³/mol. The molecule has 0 saturated heterocycles. The van der Waals surface area contributed by atoms with Crippen LogP contribution < -0.4 is 27.0 Å². The maximum Gasteiger partial charge on any atom is 0.304 e. The number of ketones is 2. The number of Topliss-reactive ketones (excluding diaryl/α,β-unsaturated/α-hetero) is 2. The minimum atomic E-state index is -1.86. The third kappa shape index (κ3) is 18.7. The Morgan fingerprint density at radius 1 is 0.756 bits per heavy atom. The number of primary amides is 1. The zero-order valence-electron chi connectivity index (χ0n) is 43.4. The van der Waals surface area contributed by atoms with Gasteiger partial charge in [0.15, 0.2) is 5.78 Å². The van der Waals surface area contributed by atoms with Gasteiger partial charge in [0, 0.05) is 74.1 Å². The Morgan fingerprint density at radius 2 is 1.41 bits per heavy atom. The molecule has 4 rings (SSSR count). The number of aliphatic carboxylic acids is 2. The van der Waals surface area contributed by atoms with Crippen LogP contribution in [-0.4, -0.2) is 145 Å². The van der Waals surface area contributed by atoms with Gasteiger partial charge in [0.25, 0.3) is 11.8 Å². The highest BCUT2D eigenvalue weighted by atomic mass is 19.1. The number of aliphatic hydroxyl groups is 1. The fourth-order valence-corrected chi connectivity index (χ4v) is 8.75. The summed E-state index contributed by atoms with van der Waals surface area (Å²) in [4.78, 5) is 155. The molecule has 0 fully saturated rings.